The van der Waals surface area contributed by atoms with E-state index in [1.54, 1.807) is 0 Å². The van der Waals surface area contributed by atoms with Crippen LogP contribution in [0.4, 0.5) is 0 Å². The largest absolute Gasteiger partial charge is 0.325 e. The van der Waals surface area contributed by atoms with E-state index in [2.05, 4.69) is 16.0 Å². The van der Waals surface area contributed by atoms with Crippen LogP contribution in [0.3, 0.4) is 0 Å². The van der Waals surface area contributed by atoms with Crippen molar-refractivity contribution in [2.75, 3.05) is 13.1 Å². The molecule has 16 heavy (non-hydrogen) atoms. The number of likely N-dealkylation sites (tertiary alicyclic amines) is 1. The first kappa shape index (κ1) is 11.6. The lowest BCUT2D eigenvalue weighted by molar-refractivity contribution is 0.276. The Hall–Kier alpha value is -0.930. The first-order valence-corrected chi connectivity index (χ1v) is 6.25. The molecule has 2 N–H and O–H groups in total. The van der Waals surface area contributed by atoms with Crippen LogP contribution in [-0.2, 0) is 13.1 Å². The smallest absolute Gasteiger partial charge is 0.0539 e. The molecular weight excluding hydrogens is 198 g/mol. The first-order valence-electron chi connectivity index (χ1n) is 6.25. The van der Waals surface area contributed by atoms with Crippen LogP contribution in [0.5, 0.6) is 0 Å². The van der Waals surface area contributed by atoms with Gasteiger partial charge in [0.1, 0.15) is 0 Å². The second-order valence-electron chi connectivity index (χ2n) is 4.55. The van der Waals surface area contributed by atoms with E-state index in [-0.39, 0.29) is 0 Å². The van der Waals surface area contributed by atoms with Gasteiger partial charge >= 0.3 is 0 Å². The lowest BCUT2D eigenvalue weighted by Gasteiger charge is -2.19. The molecular formula is C13H21N3. The Morgan fingerprint density at radius 2 is 1.88 bits per heavy atom. The summed E-state index contributed by atoms with van der Waals surface area (Å²) < 4.78 is 0. The Kier molecular flexibility index (Phi) is 4.31. The predicted octanol–water partition coefficient (Wildman–Crippen LogP) is 1.92. The van der Waals surface area contributed by atoms with E-state index in [9.17, 15) is 0 Å². The third kappa shape index (κ3) is 3.29. The molecule has 2 heterocycles. The van der Waals surface area contributed by atoms with Crippen LogP contribution in [-0.4, -0.2) is 23.0 Å². The molecule has 0 radical (unpaired) electrons. The fraction of sp³-hybridized carbons (Fsp3) is 0.615. The molecule has 2 rings (SSSR count). The standard InChI is InChI=1S/C13H21N3/c14-9-13-6-5-12(10-15-13)11-16-7-3-1-2-4-8-16/h5-6,10H,1-4,7-9,11,14H2. The fourth-order valence-electron chi connectivity index (χ4n) is 2.22. The van der Waals surface area contributed by atoms with E-state index in [0.717, 1.165) is 12.2 Å². The van der Waals surface area contributed by atoms with Gasteiger partial charge in [-0.2, -0.15) is 0 Å². The van der Waals surface area contributed by atoms with E-state index >= 15 is 0 Å². The van der Waals surface area contributed by atoms with Gasteiger partial charge in [0.2, 0.25) is 0 Å². The molecule has 1 aromatic heterocycles. The maximum absolute atomic E-state index is 5.53. The van der Waals surface area contributed by atoms with Crippen molar-refractivity contribution in [1.29, 1.82) is 0 Å². The van der Waals surface area contributed by atoms with Crippen molar-refractivity contribution in [3.8, 4) is 0 Å². The van der Waals surface area contributed by atoms with Gasteiger partial charge in [-0.25, -0.2) is 0 Å². The van der Waals surface area contributed by atoms with Crippen molar-refractivity contribution in [1.82, 2.24) is 9.88 Å². The van der Waals surface area contributed by atoms with Gasteiger partial charge in [0.05, 0.1) is 5.69 Å². The summed E-state index contributed by atoms with van der Waals surface area (Å²) in [6.45, 7) is 4.04. The molecule has 0 bridgehead atoms. The number of nitrogens with two attached hydrogens (primary N) is 1. The summed E-state index contributed by atoms with van der Waals surface area (Å²) in [4.78, 5) is 6.87. The molecule has 1 aliphatic heterocycles. The number of rotatable bonds is 3. The van der Waals surface area contributed by atoms with Crippen LogP contribution in [0.2, 0.25) is 0 Å². The molecule has 0 amide bonds. The van der Waals surface area contributed by atoms with Crippen LogP contribution in [0.15, 0.2) is 18.3 Å². The third-order valence-electron chi connectivity index (χ3n) is 3.20. The molecule has 1 saturated heterocycles. The summed E-state index contributed by atoms with van der Waals surface area (Å²) in [7, 11) is 0. The van der Waals surface area contributed by atoms with Crippen molar-refractivity contribution < 1.29 is 0 Å². The Bertz CT molecular complexity index is 299. The monoisotopic (exact) mass is 219 g/mol. The van der Waals surface area contributed by atoms with Gasteiger partial charge in [0, 0.05) is 19.3 Å². The molecule has 0 aromatic carbocycles. The molecule has 3 heteroatoms. The second kappa shape index (κ2) is 5.97. The fourth-order valence-corrected chi connectivity index (χ4v) is 2.22. The number of hydrogen-bond acceptors (Lipinski definition) is 3. The molecule has 0 spiro atoms. The van der Waals surface area contributed by atoms with Gasteiger partial charge < -0.3 is 5.73 Å². The van der Waals surface area contributed by atoms with Crippen LogP contribution in [0.25, 0.3) is 0 Å². The van der Waals surface area contributed by atoms with Crippen molar-refractivity contribution >= 4 is 0 Å². The number of pyridine rings is 1. The Labute approximate surface area is 97.7 Å². The van der Waals surface area contributed by atoms with Crippen LogP contribution >= 0.6 is 0 Å². The summed E-state index contributed by atoms with van der Waals surface area (Å²) in [5.41, 5.74) is 7.81. The maximum atomic E-state index is 5.53. The number of aromatic nitrogens is 1. The van der Waals surface area contributed by atoms with Gasteiger partial charge in [-0.3, -0.25) is 9.88 Å². The predicted molar refractivity (Wildman–Crippen MR) is 65.9 cm³/mol. The average Bonchev–Trinajstić information content (AvgIpc) is 2.59. The van der Waals surface area contributed by atoms with Crippen LogP contribution < -0.4 is 5.73 Å². The van der Waals surface area contributed by atoms with Gasteiger partial charge in [-0.15, -0.1) is 0 Å². The highest BCUT2D eigenvalue weighted by Crippen LogP contribution is 2.12. The van der Waals surface area contributed by atoms with E-state index in [1.807, 2.05) is 12.3 Å². The molecule has 3 nitrogen and oxygen atoms in total. The zero-order valence-electron chi connectivity index (χ0n) is 9.86. The molecule has 1 fully saturated rings. The van der Waals surface area contributed by atoms with Crippen LogP contribution in [0.1, 0.15) is 36.9 Å². The van der Waals surface area contributed by atoms with E-state index in [4.69, 9.17) is 5.73 Å². The lowest BCUT2D eigenvalue weighted by Crippen LogP contribution is -2.24. The van der Waals surface area contributed by atoms with Gasteiger partial charge in [-0.1, -0.05) is 18.9 Å². The average molecular weight is 219 g/mol. The van der Waals surface area contributed by atoms with Gasteiger partial charge in [0.25, 0.3) is 0 Å². The summed E-state index contributed by atoms with van der Waals surface area (Å²) >= 11 is 0. The number of nitrogens with zero attached hydrogens (tertiary/aromatic N) is 2. The zero-order chi connectivity index (χ0) is 11.2. The number of hydrogen-bond donors (Lipinski definition) is 1. The normalized spacial score (nSPS) is 18.3. The molecule has 1 aromatic rings. The highest BCUT2D eigenvalue weighted by Gasteiger charge is 2.09. The zero-order valence-corrected chi connectivity index (χ0v) is 9.86. The summed E-state index contributed by atoms with van der Waals surface area (Å²) in [6, 6.07) is 4.19. The van der Waals surface area contributed by atoms with Gasteiger partial charge in [0.15, 0.2) is 0 Å². The Morgan fingerprint density at radius 3 is 2.44 bits per heavy atom. The van der Waals surface area contributed by atoms with Crippen molar-refractivity contribution in [3.05, 3.63) is 29.6 Å². The minimum atomic E-state index is 0.532. The molecule has 0 atom stereocenters. The highest BCUT2D eigenvalue weighted by molar-refractivity contribution is 5.13. The molecule has 88 valence electrons. The highest BCUT2D eigenvalue weighted by atomic mass is 15.1. The van der Waals surface area contributed by atoms with Crippen molar-refractivity contribution in [2.45, 2.75) is 38.8 Å². The summed E-state index contributed by atoms with van der Waals surface area (Å²) in [6.07, 6.45) is 7.43. The van der Waals surface area contributed by atoms with E-state index < -0.39 is 0 Å². The Balaban J connectivity index is 1.91. The first-order chi connectivity index (χ1) is 7.88. The second-order valence-corrected chi connectivity index (χ2v) is 4.55. The quantitative estimate of drug-likeness (QED) is 0.844. The maximum Gasteiger partial charge on any atom is 0.0539 e. The summed E-state index contributed by atoms with van der Waals surface area (Å²) in [5.74, 6) is 0. The molecule has 0 saturated carbocycles. The van der Waals surface area contributed by atoms with E-state index in [0.29, 0.717) is 6.54 Å². The lowest BCUT2D eigenvalue weighted by atomic mass is 10.2. The SMILES string of the molecule is NCc1ccc(CN2CCCCCC2)cn1. The Morgan fingerprint density at radius 1 is 1.12 bits per heavy atom. The molecule has 0 unspecified atom stereocenters. The van der Waals surface area contributed by atoms with Crippen LogP contribution in [0, 0.1) is 0 Å². The van der Waals surface area contributed by atoms with Crippen molar-refractivity contribution in [2.24, 2.45) is 5.73 Å². The van der Waals surface area contributed by atoms with Gasteiger partial charge in [-0.05, 0) is 37.6 Å². The molecule has 1 aliphatic rings. The van der Waals surface area contributed by atoms with E-state index in [1.165, 1.54) is 44.3 Å². The summed E-state index contributed by atoms with van der Waals surface area (Å²) in [5, 5.41) is 0. The third-order valence-corrected chi connectivity index (χ3v) is 3.20. The topological polar surface area (TPSA) is 42.1 Å². The molecule has 0 aliphatic carbocycles. The van der Waals surface area contributed by atoms with Crippen molar-refractivity contribution in [3.63, 3.8) is 0 Å². The minimum Gasteiger partial charge on any atom is -0.325 e. The minimum absolute atomic E-state index is 0.532.